The number of aliphatic hydroxyl groups excluding tert-OH is 1. The Morgan fingerprint density at radius 2 is 2.33 bits per heavy atom. The molecule has 2 atom stereocenters. The SMILES string of the molecule is C=CC1(O)CCCC1O. The van der Waals surface area contributed by atoms with Crippen LogP contribution in [0.4, 0.5) is 0 Å². The zero-order valence-electron chi connectivity index (χ0n) is 5.38. The Labute approximate surface area is 54.8 Å². The molecule has 1 aliphatic carbocycles. The summed E-state index contributed by atoms with van der Waals surface area (Å²) in [6.07, 6.45) is 3.09. The lowest BCUT2D eigenvalue weighted by atomic mass is 10.0. The van der Waals surface area contributed by atoms with Crippen molar-refractivity contribution in [3.05, 3.63) is 12.7 Å². The maximum absolute atomic E-state index is 9.40. The molecule has 0 heterocycles. The lowest BCUT2D eigenvalue weighted by Crippen LogP contribution is -2.34. The highest BCUT2D eigenvalue weighted by Crippen LogP contribution is 2.30. The monoisotopic (exact) mass is 128 g/mol. The van der Waals surface area contributed by atoms with Crippen LogP contribution < -0.4 is 0 Å². The Morgan fingerprint density at radius 1 is 1.67 bits per heavy atom. The second-order valence-corrected chi connectivity index (χ2v) is 2.60. The molecular weight excluding hydrogens is 116 g/mol. The van der Waals surface area contributed by atoms with E-state index < -0.39 is 11.7 Å². The summed E-state index contributed by atoms with van der Waals surface area (Å²) in [4.78, 5) is 0. The van der Waals surface area contributed by atoms with Crippen LogP contribution in [-0.4, -0.2) is 21.9 Å². The van der Waals surface area contributed by atoms with Gasteiger partial charge in [0.05, 0.1) is 6.10 Å². The van der Waals surface area contributed by atoms with Crippen LogP contribution in [0.15, 0.2) is 12.7 Å². The van der Waals surface area contributed by atoms with Crippen LogP contribution in [0.5, 0.6) is 0 Å². The van der Waals surface area contributed by atoms with E-state index in [0.717, 1.165) is 6.42 Å². The quantitative estimate of drug-likeness (QED) is 0.503. The average molecular weight is 128 g/mol. The van der Waals surface area contributed by atoms with Gasteiger partial charge in [-0.25, -0.2) is 0 Å². The van der Waals surface area contributed by atoms with Crippen molar-refractivity contribution in [3.8, 4) is 0 Å². The highest BCUT2D eigenvalue weighted by molar-refractivity contribution is 5.04. The topological polar surface area (TPSA) is 40.5 Å². The molecule has 2 unspecified atom stereocenters. The van der Waals surface area contributed by atoms with Gasteiger partial charge in [0.15, 0.2) is 0 Å². The Balaban J connectivity index is 2.66. The van der Waals surface area contributed by atoms with E-state index in [1.54, 1.807) is 0 Å². The molecule has 2 nitrogen and oxygen atoms in total. The predicted molar refractivity (Wildman–Crippen MR) is 35.0 cm³/mol. The van der Waals surface area contributed by atoms with Gasteiger partial charge in [0.25, 0.3) is 0 Å². The molecule has 0 aromatic carbocycles. The summed E-state index contributed by atoms with van der Waals surface area (Å²) in [6, 6.07) is 0. The first-order valence-corrected chi connectivity index (χ1v) is 3.23. The summed E-state index contributed by atoms with van der Waals surface area (Å²) < 4.78 is 0. The van der Waals surface area contributed by atoms with Gasteiger partial charge >= 0.3 is 0 Å². The Bertz CT molecular complexity index is 122. The van der Waals surface area contributed by atoms with E-state index in [1.807, 2.05) is 0 Å². The van der Waals surface area contributed by atoms with Gasteiger partial charge in [-0.3, -0.25) is 0 Å². The van der Waals surface area contributed by atoms with Crippen LogP contribution >= 0.6 is 0 Å². The number of aliphatic hydroxyl groups is 2. The Hall–Kier alpha value is -0.340. The summed E-state index contributed by atoms with van der Waals surface area (Å²) in [5.74, 6) is 0. The maximum Gasteiger partial charge on any atom is 0.108 e. The van der Waals surface area contributed by atoms with Crippen molar-refractivity contribution < 1.29 is 10.2 Å². The van der Waals surface area contributed by atoms with E-state index in [0.29, 0.717) is 12.8 Å². The second kappa shape index (κ2) is 2.12. The van der Waals surface area contributed by atoms with Crippen molar-refractivity contribution in [2.24, 2.45) is 0 Å². The molecule has 0 bridgehead atoms. The first kappa shape index (κ1) is 6.78. The fourth-order valence-corrected chi connectivity index (χ4v) is 1.23. The van der Waals surface area contributed by atoms with Gasteiger partial charge in [-0.05, 0) is 19.3 Å². The van der Waals surface area contributed by atoms with E-state index in [1.165, 1.54) is 6.08 Å². The van der Waals surface area contributed by atoms with Crippen LogP contribution in [-0.2, 0) is 0 Å². The summed E-state index contributed by atoms with van der Waals surface area (Å²) in [5.41, 5.74) is -0.986. The van der Waals surface area contributed by atoms with Crippen molar-refractivity contribution in [2.45, 2.75) is 31.0 Å². The van der Waals surface area contributed by atoms with Gasteiger partial charge in [0, 0.05) is 0 Å². The third kappa shape index (κ3) is 1.00. The van der Waals surface area contributed by atoms with Gasteiger partial charge in [-0.2, -0.15) is 0 Å². The highest BCUT2D eigenvalue weighted by Gasteiger charge is 2.36. The number of hydrogen-bond donors (Lipinski definition) is 2. The molecule has 0 aromatic rings. The number of hydrogen-bond acceptors (Lipinski definition) is 2. The van der Waals surface area contributed by atoms with Gasteiger partial charge in [0.1, 0.15) is 5.60 Å². The van der Waals surface area contributed by atoms with E-state index in [4.69, 9.17) is 5.11 Å². The van der Waals surface area contributed by atoms with Crippen LogP contribution in [0, 0.1) is 0 Å². The molecule has 2 N–H and O–H groups in total. The van der Waals surface area contributed by atoms with Gasteiger partial charge in [-0.15, -0.1) is 6.58 Å². The fraction of sp³-hybridized carbons (Fsp3) is 0.714. The number of rotatable bonds is 1. The third-order valence-corrected chi connectivity index (χ3v) is 1.99. The molecule has 0 amide bonds. The Kier molecular flexibility index (Phi) is 1.60. The molecule has 2 heteroatoms. The van der Waals surface area contributed by atoms with Crippen LogP contribution in [0.25, 0.3) is 0 Å². The molecule has 1 aliphatic rings. The molecule has 1 fully saturated rings. The van der Waals surface area contributed by atoms with Crippen molar-refractivity contribution in [2.75, 3.05) is 0 Å². The maximum atomic E-state index is 9.40. The minimum absolute atomic E-state index is 0.588. The van der Waals surface area contributed by atoms with E-state index >= 15 is 0 Å². The molecule has 52 valence electrons. The normalized spacial score (nSPS) is 43.1. The van der Waals surface area contributed by atoms with Crippen molar-refractivity contribution in [1.82, 2.24) is 0 Å². The highest BCUT2D eigenvalue weighted by atomic mass is 16.3. The van der Waals surface area contributed by atoms with Crippen LogP contribution in [0.3, 0.4) is 0 Å². The largest absolute Gasteiger partial charge is 0.390 e. The predicted octanol–water partition coefficient (Wildman–Crippen LogP) is 0.448. The zero-order chi connectivity index (χ0) is 6.91. The fourth-order valence-electron chi connectivity index (χ4n) is 1.23. The van der Waals surface area contributed by atoms with Crippen LogP contribution in [0.2, 0.25) is 0 Å². The van der Waals surface area contributed by atoms with Crippen molar-refractivity contribution in [3.63, 3.8) is 0 Å². The molecule has 1 rings (SSSR count). The molecule has 0 radical (unpaired) electrons. The van der Waals surface area contributed by atoms with Gasteiger partial charge in [0.2, 0.25) is 0 Å². The minimum atomic E-state index is -0.986. The van der Waals surface area contributed by atoms with Crippen molar-refractivity contribution in [1.29, 1.82) is 0 Å². The summed E-state index contributed by atoms with van der Waals surface area (Å²) in [5, 5.41) is 18.5. The molecule has 0 saturated heterocycles. The summed E-state index contributed by atoms with van der Waals surface area (Å²) in [6.45, 7) is 3.45. The van der Waals surface area contributed by atoms with E-state index in [2.05, 4.69) is 6.58 Å². The van der Waals surface area contributed by atoms with Crippen molar-refractivity contribution >= 4 is 0 Å². The minimum Gasteiger partial charge on any atom is -0.390 e. The molecule has 0 aliphatic heterocycles. The van der Waals surface area contributed by atoms with Gasteiger partial charge in [-0.1, -0.05) is 6.08 Å². The summed E-state index contributed by atoms with van der Waals surface area (Å²) in [7, 11) is 0. The second-order valence-electron chi connectivity index (χ2n) is 2.60. The Morgan fingerprint density at radius 3 is 2.56 bits per heavy atom. The van der Waals surface area contributed by atoms with Crippen LogP contribution in [0.1, 0.15) is 19.3 Å². The molecule has 0 spiro atoms. The molecule has 1 saturated carbocycles. The first-order valence-electron chi connectivity index (χ1n) is 3.23. The molecule has 0 aromatic heterocycles. The molecular formula is C7H12O2. The van der Waals surface area contributed by atoms with E-state index in [9.17, 15) is 5.11 Å². The average Bonchev–Trinajstić information content (AvgIpc) is 2.15. The van der Waals surface area contributed by atoms with E-state index in [-0.39, 0.29) is 0 Å². The smallest absolute Gasteiger partial charge is 0.108 e. The zero-order valence-corrected chi connectivity index (χ0v) is 5.38. The van der Waals surface area contributed by atoms with Gasteiger partial charge < -0.3 is 10.2 Å². The molecule has 9 heavy (non-hydrogen) atoms. The first-order chi connectivity index (χ1) is 4.19. The standard InChI is InChI=1S/C7H12O2/c1-2-7(9)5-3-4-6(7)8/h2,6,8-9H,1,3-5H2. The lowest BCUT2D eigenvalue weighted by molar-refractivity contribution is -0.0154. The third-order valence-electron chi connectivity index (χ3n) is 1.99. The summed E-state index contributed by atoms with van der Waals surface area (Å²) >= 11 is 0. The lowest BCUT2D eigenvalue weighted by Gasteiger charge is -2.21.